The first-order valence-corrected chi connectivity index (χ1v) is 11.2. The summed E-state index contributed by atoms with van der Waals surface area (Å²) in [6.07, 6.45) is 1.75. The van der Waals surface area contributed by atoms with Crippen molar-refractivity contribution in [3.05, 3.63) is 71.3 Å². The van der Waals surface area contributed by atoms with Crippen LogP contribution in [0.2, 0.25) is 0 Å². The summed E-state index contributed by atoms with van der Waals surface area (Å²) in [6, 6.07) is 18.2. The van der Waals surface area contributed by atoms with Gasteiger partial charge in [0.05, 0.1) is 10.2 Å². The zero-order chi connectivity index (χ0) is 20.7. The van der Waals surface area contributed by atoms with Crippen molar-refractivity contribution in [1.82, 2.24) is 9.88 Å². The van der Waals surface area contributed by atoms with Crippen LogP contribution in [0.25, 0.3) is 21.0 Å². The summed E-state index contributed by atoms with van der Waals surface area (Å²) in [5.41, 5.74) is 4.24. The molecule has 4 aromatic rings. The Morgan fingerprint density at radius 3 is 2.53 bits per heavy atom. The van der Waals surface area contributed by atoms with Crippen molar-refractivity contribution in [1.29, 1.82) is 0 Å². The van der Waals surface area contributed by atoms with E-state index >= 15 is 0 Å². The molecule has 152 valence electrons. The molecule has 1 saturated heterocycles. The monoisotopic (exact) mass is 416 g/mol. The summed E-state index contributed by atoms with van der Waals surface area (Å²) >= 11 is 1.62. The van der Waals surface area contributed by atoms with Gasteiger partial charge in [0, 0.05) is 31.5 Å². The average molecular weight is 417 g/mol. The summed E-state index contributed by atoms with van der Waals surface area (Å²) in [5.74, 6) is 0.108. The normalized spacial score (nSPS) is 15.1. The summed E-state index contributed by atoms with van der Waals surface area (Å²) in [7, 11) is 0. The molecule has 0 unspecified atom stereocenters. The predicted octanol–water partition coefficient (Wildman–Crippen LogP) is 5.75. The number of hydrogen-bond acceptors (Lipinski definition) is 4. The smallest absolute Gasteiger partial charge is 0.274 e. The number of thiazole rings is 1. The topological polar surface area (TPSA) is 42.4 Å². The Labute approximate surface area is 180 Å². The number of piperidine rings is 1. The fraction of sp³-hybridized carbons (Fsp3) is 0.280. The predicted molar refractivity (Wildman–Crippen MR) is 123 cm³/mol. The van der Waals surface area contributed by atoms with Gasteiger partial charge in [-0.2, -0.15) is 0 Å². The van der Waals surface area contributed by atoms with Crippen LogP contribution < -0.4 is 4.74 Å². The minimum atomic E-state index is 0.0998. The Balaban J connectivity index is 1.28. The standard InChI is InChI=1S/C25H24N2O2S/c1-16-10-11-17(2)23-22(16)26-25(30-23)29-19-12-14-27(15-13-19)24(28)21-9-5-7-18-6-3-4-8-20(18)21/h3-11,19H,12-15H2,1-2H3. The van der Waals surface area contributed by atoms with Crippen LogP contribution in [0.1, 0.15) is 34.3 Å². The second-order valence-electron chi connectivity index (χ2n) is 7.99. The molecule has 0 aliphatic carbocycles. The lowest BCUT2D eigenvalue weighted by molar-refractivity contribution is 0.0597. The van der Waals surface area contributed by atoms with E-state index in [-0.39, 0.29) is 12.0 Å². The van der Waals surface area contributed by atoms with Crippen molar-refractivity contribution in [3.63, 3.8) is 0 Å². The number of ether oxygens (including phenoxy) is 1. The number of rotatable bonds is 3. The van der Waals surface area contributed by atoms with Crippen molar-refractivity contribution in [2.75, 3.05) is 13.1 Å². The van der Waals surface area contributed by atoms with E-state index < -0.39 is 0 Å². The Morgan fingerprint density at radius 1 is 1.00 bits per heavy atom. The van der Waals surface area contributed by atoms with Crippen LogP contribution >= 0.6 is 11.3 Å². The molecule has 0 atom stereocenters. The minimum absolute atomic E-state index is 0.0998. The largest absolute Gasteiger partial charge is 0.467 e. The maximum atomic E-state index is 13.1. The molecule has 1 aliphatic rings. The summed E-state index contributed by atoms with van der Waals surface area (Å²) in [4.78, 5) is 19.8. The minimum Gasteiger partial charge on any atom is -0.467 e. The summed E-state index contributed by atoms with van der Waals surface area (Å²) < 4.78 is 7.43. The van der Waals surface area contributed by atoms with Gasteiger partial charge in [-0.1, -0.05) is 59.9 Å². The van der Waals surface area contributed by atoms with Gasteiger partial charge in [-0.15, -0.1) is 0 Å². The van der Waals surface area contributed by atoms with Crippen molar-refractivity contribution in [3.8, 4) is 5.19 Å². The molecular formula is C25H24N2O2S. The molecule has 5 rings (SSSR count). The second kappa shape index (κ2) is 7.73. The van der Waals surface area contributed by atoms with E-state index in [0.29, 0.717) is 13.1 Å². The van der Waals surface area contributed by atoms with E-state index in [2.05, 4.69) is 26.0 Å². The SMILES string of the molecule is Cc1ccc(C)c2sc(OC3CCN(C(=O)c4cccc5ccccc45)CC3)nc12. The van der Waals surface area contributed by atoms with Gasteiger partial charge < -0.3 is 9.64 Å². The second-order valence-corrected chi connectivity index (χ2v) is 8.95. The van der Waals surface area contributed by atoms with Crippen molar-refractivity contribution < 1.29 is 9.53 Å². The van der Waals surface area contributed by atoms with Crippen LogP contribution in [0.4, 0.5) is 0 Å². The number of carbonyl (C=O) groups excluding carboxylic acids is 1. The van der Waals surface area contributed by atoms with Gasteiger partial charge in [-0.25, -0.2) is 4.98 Å². The highest BCUT2D eigenvalue weighted by atomic mass is 32.1. The third kappa shape index (κ3) is 3.43. The van der Waals surface area contributed by atoms with Crippen molar-refractivity contribution >= 4 is 38.2 Å². The number of likely N-dealkylation sites (tertiary alicyclic amines) is 1. The zero-order valence-corrected chi connectivity index (χ0v) is 18.0. The van der Waals surface area contributed by atoms with E-state index in [1.165, 1.54) is 15.8 Å². The fourth-order valence-corrected chi connectivity index (χ4v) is 5.22. The van der Waals surface area contributed by atoms with E-state index in [4.69, 9.17) is 9.72 Å². The number of amides is 1. The van der Waals surface area contributed by atoms with Gasteiger partial charge >= 0.3 is 0 Å². The number of nitrogens with zero attached hydrogens (tertiary/aromatic N) is 2. The maximum absolute atomic E-state index is 13.1. The lowest BCUT2D eigenvalue weighted by Crippen LogP contribution is -2.41. The number of aryl methyl sites for hydroxylation is 2. The van der Waals surface area contributed by atoms with Gasteiger partial charge in [0.1, 0.15) is 6.10 Å². The Morgan fingerprint density at radius 2 is 1.73 bits per heavy atom. The Kier molecular flexibility index (Phi) is 4.91. The molecular weight excluding hydrogens is 392 g/mol. The average Bonchev–Trinajstić information content (AvgIpc) is 3.21. The molecule has 0 radical (unpaired) electrons. The first-order chi connectivity index (χ1) is 14.6. The number of benzene rings is 3. The summed E-state index contributed by atoms with van der Waals surface area (Å²) in [6.45, 7) is 5.61. The Bertz CT molecular complexity index is 1190. The molecule has 0 bridgehead atoms. The molecule has 30 heavy (non-hydrogen) atoms. The van der Waals surface area contributed by atoms with E-state index in [1.807, 2.05) is 47.4 Å². The van der Waals surface area contributed by atoms with Gasteiger partial charge in [0.25, 0.3) is 11.1 Å². The third-order valence-electron chi connectivity index (χ3n) is 5.94. The van der Waals surface area contributed by atoms with Crippen LogP contribution in [0, 0.1) is 13.8 Å². The first-order valence-electron chi connectivity index (χ1n) is 10.4. The molecule has 0 spiro atoms. The molecule has 4 nitrogen and oxygen atoms in total. The highest BCUT2D eigenvalue weighted by Gasteiger charge is 2.26. The molecule has 5 heteroatoms. The fourth-order valence-electron chi connectivity index (χ4n) is 4.19. The summed E-state index contributed by atoms with van der Waals surface area (Å²) in [5, 5.41) is 2.85. The molecule has 1 aromatic heterocycles. The third-order valence-corrected chi connectivity index (χ3v) is 7.02. The number of fused-ring (bicyclic) bond motifs is 2. The van der Waals surface area contributed by atoms with E-state index in [9.17, 15) is 4.79 Å². The van der Waals surface area contributed by atoms with Crippen molar-refractivity contribution in [2.45, 2.75) is 32.8 Å². The highest BCUT2D eigenvalue weighted by Crippen LogP contribution is 2.34. The molecule has 2 heterocycles. The number of carbonyl (C=O) groups is 1. The lowest BCUT2D eigenvalue weighted by Gasteiger charge is -2.32. The van der Waals surface area contributed by atoms with Gasteiger partial charge in [0.2, 0.25) is 0 Å². The molecule has 1 fully saturated rings. The lowest BCUT2D eigenvalue weighted by atomic mass is 10.0. The number of aromatic nitrogens is 1. The van der Waals surface area contributed by atoms with Gasteiger partial charge in [-0.05, 0) is 41.8 Å². The van der Waals surface area contributed by atoms with Gasteiger partial charge in [0.15, 0.2) is 0 Å². The molecule has 0 saturated carbocycles. The van der Waals surface area contributed by atoms with Crippen LogP contribution in [0.3, 0.4) is 0 Å². The van der Waals surface area contributed by atoms with Gasteiger partial charge in [-0.3, -0.25) is 4.79 Å². The van der Waals surface area contributed by atoms with Crippen molar-refractivity contribution in [2.24, 2.45) is 0 Å². The molecule has 3 aromatic carbocycles. The van der Waals surface area contributed by atoms with Crippen LogP contribution in [-0.4, -0.2) is 35.0 Å². The highest BCUT2D eigenvalue weighted by molar-refractivity contribution is 7.20. The van der Waals surface area contributed by atoms with E-state index in [1.54, 1.807) is 11.3 Å². The zero-order valence-electron chi connectivity index (χ0n) is 17.2. The number of hydrogen-bond donors (Lipinski definition) is 0. The van der Waals surface area contributed by atoms with Crippen LogP contribution in [0.5, 0.6) is 5.19 Å². The molecule has 1 amide bonds. The Hall–Kier alpha value is -2.92. The first kappa shape index (κ1) is 19.1. The quantitative estimate of drug-likeness (QED) is 0.427. The van der Waals surface area contributed by atoms with Crippen LogP contribution in [0.15, 0.2) is 54.6 Å². The maximum Gasteiger partial charge on any atom is 0.274 e. The molecule has 1 aliphatic heterocycles. The van der Waals surface area contributed by atoms with Crippen LogP contribution in [-0.2, 0) is 0 Å². The van der Waals surface area contributed by atoms with E-state index in [0.717, 1.165) is 39.9 Å². The molecule has 0 N–H and O–H groups in total.